The van der Waals surface area contributed by atoms with Gasteiger partial charge in [-0.25, -0.2) is 0 Å². The zero-order valence-electron chi connectivity index (χ0n) is 12.2. The highest BCUT2D eigenvalue weighted by Crippen LogP contribution is 2.41. The molecule has 0 unspecified atom stereocenters. The molecule has 0 bridgehead atoms. The SMILES string of the molecule is N#Cc1c(N)c2c(c(N)c1C#N)C(=O)c1c(ccc(N)c1N)C2=O. The van der Waals surface area contributed by atoms with Gasteiger partial charge in [-0.05, 0) is 12.1 Å². The lowest BCUT2D eigenvalue weighted by molar-refractivity contribution is 0.0981. The summed E-state index contributed by atoms with van der Waals surface area (Å²) in [4.78, 5) is 25.6. The standard InChI is InChI=1S/C16H10N6O2/c17-3-6-7(4-18)13(21)11-10(12(6)20)15(23)5-1-2-8(19)14(22)9(5)16(11)24/h1-2H,19-22H2. The lowest BCUT2D eigenvalue weighted by atomic mass is 9.79. The van der Waals surface area contributed by atoms with Crippen LogP contribution in [0.15, 0.2) is 12.1 Å². The van der Waals surface area contributed by atoms with Gasteiger partial charge in [0.1, 0.15) is 12.1 Å². The average molecular weight is 318 g/mol. The molecule has 0 fully saturated rings. The van der Waals surface area contributed by atoms with Gasteiger partial charge in [-0.1, -0.05) is 0 Å². The topological polar surface area (TPSA) is 186 Å². The van der Waals surface area contributed by atoms with Crippen LogP contribution in [0.5, 0.6) is 0 Å². The summed E-state index contributed by atoms with van der Waals surface area (Å²) in [5.74, 6) is -1.26. The van der Waals surface area contributed by atoms with Gasteiger partial charge < -0.3 is 22.9 Å². The van der Waals surface area contributed by atoms with Crippen LogP contribution in [-0.4, -0.2) is 11.6 Å². The van der Waals surface area contributed by atoms with Gasteiger partial charge in [0.25, 0.3) is 0 Å². The Morgan fingerprint density at radius 2 is 1.21 bits per heavy atom. The number of nitrogens with zero attached hydrogens (tertiary/aromatic N) is 2. The van der Waals surface area contributed by atoms with Crippen LogP contribution in [0.25, 0.3) is 0 Å². The summed E-state index contributed by atoms with van der Waals surface area (Å²) >= 11 is 0. The first-order chi connectivity index (χ1) is 11.3. The quantitative estimate of drug-likeness (QED) is 0.432. The summed E-state index contributed by atoms with van der Waals surface area (Å²) in [5, 5.41) is 18.4. The number of carbonyl (C=O) groups is 2. The number of benzene rings is 2. The molecular weight excluding hydrogens is 308 g/mol. The summed E-state index contributed by atoms with van der Waals surface area (Å²) in [7, 11) is 0. The monoisotopic (exact) mass is 318 g/mol. The van der Waals surface area contributed by atoms with Crippen LogP contribution >= 0.6 is 0 Å². The number of nitrogen functional groups attached to an aromatic ring is 4. The van der Waals surface area contributed by atoms with E-state index in [0.717, 1.165) is 0 Å². The smallest absolute Gasteiger partial charge is 0.198 e. The van der Waals surface area contributed by atoms with Crippen LogP contribution in [0.2, 0.25) is 0 Å². The third-order valence-electron chi connectivity index (χ3n) is 4.01. The zero-order valence-corrected chi connectivity index (χ0v) is 12.2. The number of hydrogen-bond acceptors (Lipinski definition) is 8. The molecule has 0 saturated carbocycles. The molecule has 0 spiro atoms. The summed E-state index contributed by atoms with van der Waals surface area (Å²) in [5.41, 5.74) is 21.9. The first-order valence-electron chi connectivity index (χ1n) is 6.67. The molecule has 1 aliphatic carbocycles. The molecule has 1 aliphatic rings. The fourth-order valence-corrected chi connectivity index (χ4v) is 2.82. The van der Waals surface area contributed by atoms with E-state index in [0.29, 0.717) is 0 Å². The van der Waals surface area contributed by atoms with Crippen molar-refractivity contribution in [1.82, 2.24) is 0 Å². The van der Waals surface area contributed by atoms with Gasteiger partial charge in [-0.3, -0.25) is 9.59 Å². The minimum atomic E-state index is -0.658. The van der Waals surface area contributed by atoms with E-state index in [1.54, 1.807) is 12.1 Å². The van der Waals surface area contributed by atoms with Gasteiger partial charge in [0.2, 0.25) is 0 Å². The Labute approximate surface area is 135 Å². The predicted octanol–water partition coefficient (Wildman–Crippen LogP) is 0.534. The lowest BCUT2D eigenvalue weighted by Crippen LogP contribution is -2.26. The van der Waals surface area contributed by atoms with Crippen LogP contribution in [0.1, 0.15) is 43.0 Å². The highest BCUT2D eigenvalue weighted by Gasteiger charge is 2.37. The largest absolute Gasteiger partial charge is 0.397 e. The first kappa shape index (κ1) is 14.9. The van der Waals surface area contributed by atoms with E-state index < -0.39 is 11.6 Å². The Balaban J connectivity index is 2.51. The molecule has 8 N–H and O–H groups in total. The van der Waals surface area contributed by atoms with Gasteiger partial charge in [-0.2, -0.15) is 10.5 Å². The summed E-state index contributed by atoms with van der Waals surface area (Å²) in [6, 6.07) is 6.26. The molecule has 8 nitrogen and oxygen atoms in total. The maximum absolute atomic E-state index is 12.9. The Kier molecular flexibility index (Phi) is 2.93. The molecule has 8 heteroatoms. The summed E-state index contributed by atoms with van der Waals surface area (Å²) in [6.45, 7) is 0. The van der Waals surface area contributed by atoms with E-state index in [1.807, 2.05) is 0 Å². The Hall–Kier alpha value is -4.04. The molecule has 0 heterocycles. The number of fused-ring (bicyclic) bond motifs is 2. The molecule has 3 rings (SSSR count). The molecule has 2 aromatic rings. The van der Waals surface area contributed by atoms with Crippen LogP contribution in [0, 0.1) is 22.7 Å². The Morgan fingerprint density at radius 3 is 1.71 bits per heavy atom. The number of nitriles is 2. The van der Waals surface area contributed by atoms with E-state index in [-0.39, 0.29) is 56.1 Å². The molecule has 0 atom stereocenters. The second-order valence-corrected chi connectivity index (χ2v) is 5.20. The molecule has 0 aliphatic heterocycles. The van der Waals surface area contributed by atoms with E-state index in [4.69, 9.17) is 22.9 Å². The van der Waals surface area contributed by atoms with Crippen LogP contribution in [0.4, 0.5) is 22.7 Å². The third-order valence-corrected chi connectivity index (χ3v) is 4.01. The number of anilines is 4. The number of ketones is 2. The van der Waals surface area contributed by atoms with E-state index in [1.165, 1.54) is 12.1 Å². The highest BCUT2D eigenvalue weighted by molar-refractivity contribution is 6.34. The van der Waals surface area contributed by atoms with E-state index in [2.05, 4.69) is 0 Å². The van der Waals surface area contributed by atoms with Gasteiger partial charge in [-0.15, -0.1) is 0 Å². The van der Waals surface area contributed by atoms with Crippen LogP contribution in [0.3, 0.4) is 0 Å². The second kappa shape index (κ2) is 4.73. The molecule has 0 aromatic heterocycles. The molecule has 0 amide bonds. The van der Waals surface area contributed by atoms with Crippen molar-refractivity contribution < 1.29 is 9.59 Å². The van der Waals surface area contributed by atoms with E-state index in [9.17, 15) is 20.1 Å². The number of carbonyl (C=O) groups excluding carboxylic acids is 2. The number of nitrogens with two attached hydrogens (primary N) is 4. The van der Waals surface area contributed by atoms with Crippen molar-refractivity contribution in [3.8, 4) is 12.1 Å². The average Bonchev–Trinajstić information content (AvgIpc) is 2.56. The van der Waals surface area contributed by atoms with Crippen molar-refractivity contribution in [3.63, 3.8) is 0 Å². The second-order valence-electron chi connectivity index (χ2n) is 5.20. The van der Waals surface area contributed by atoms with Crippen LogP contribution in [-0.2, 0) is 0 Å². The van der Waals surface area contributed by atoms with Crippen molar-refractivity contribution in [2.75, 3.05) is 22.9 Å². The molecule has 0 radical (unpaired) electrons. The fourth-order valence-electron chi connectivity index (χ4n) is 2.82. The Bertz CT molecular complexity index is 1060. The first-order valence-corrected chi connectivity index (χ1v) is 6.67. The Morgan fingerprint density at radius 1 is 0.708 bits per heavy atom. The minimum absolute atomic E-state index is 0.0268. The molecule has 24 heavy (non-hydrogen) atoms. The van der Waals surface area contributed by atoms with Crippen molar-refractivity contribution >= 4 is 34.3 Å². The summed E-state index contributed by atoms with van der Waals surface area (Å²) in [6.07, 6.45) is 0. The van der Waals surface area contributed by atoms with E-state index >= 15 is 0 Å². The van der Waals surface area contributed by atoms with Crippen molar-refractivity contribution in [3.05, 3.63) is 45.5 Å². The maximum Gasteiger partial charge on any atom is 0.198 e. The van der Waals surface area contributed by atoms with Gasteiger partial charge in [0.15, 0.2) is 11.6 Å². The predicted molar refractivity (Wildman–Crippen MR) is 86.8 cm³/mol. The van der Waals surface area contributed by atoms with Gasteiger partial charge >= 0.3 is 0 Å². The minimum Gasteiger partial charge on any atom is -0.397 e. The molecule has 2 aromatic carbocycles. The highest BCUT2D eigenvalue weighted by atomic mass is 16.1. The zero-order chi connectivity index (χ0) is 17.8. The third kappa shape index (κ3) is 1.59. The normalized spacial score (nSPS) is 12.1. The fraction of sp³-hybridized carbons (Fsp3) is 0. The maximum atomic E-state index is 12.9. The lowest BCUT2D eigenvalue weighted by Gasteiger charge is -2.23. The molecule has 0 saturated heterocycles. The van der Waals surface area contributed by atoms with Crippen molar-refractivity contribution in [1.29, 1.82) is 10.5 Å². The van der Waals surface area contributed by atoms with Gasteiger partial charge in [0.05, 0.1) is 50.6 Å². The number of hydrogen-bond donors (Lipinski definition) is 4. The van der Waals surface area contributed by atoms with Gasteiger partial charge in [0, 0.05) is 5.56 Å². The molecular formula is C16H10N6O2. The van der Waals surface area contributed by atoms with Crippen molar-refractivity contribution in [2.45, 2.75) is 0 Å². The van der Waals surface area contributed by atoms with Crippen molar-refractivity contribution in [2.24, 2.45) is 0 Å². The summed E-state index contributed by atoms with van der Waals surface area (Å²) < 4.78 is 0. The molecule has 116 valence electrons. The van der Waals surface area contributed by atoms with Crippen LogP contribution < -0.4 is 22.9 Å². The number of rotatable bonds is 0.